The molecule has 0 spiro atoms. The van der Waals surface area contributed by atoms with Gasteiger partial charge < -0.3 is 5.32 Å². The van der Waals surface area contributed by atoms with Crippen LogP contribution in [0.1, 0.15) is 18.1 Å². The van der Waals surface area contributed by atoms with Gasteiger partial charge in [0.05, 0.1) is 16.6 Å². The van der Waals surface area contributed by atoms with E-state index in [0.29, 0.717) is 16.8 Å². The zero-order valence-corrected chi connectivity index (χ0v) is 12.3. The highest BCUT2D eigenvalue weighted by Gasteiger charge is 2.07. The molecule has 0 aromatic heterocycles. The van der Waals surface area contributed by atoms with Crippen LogP contribution < -0.4 is 5.32 Å². The van der Waals surface area contributed by atoms with Crippen LogP contribution in [0.2, 0.25) is 0 Å². The Morgan fingerprint density at radius 3 is 2.26 bits per heavy atom. The van der Waals surface area contributed by atoms with Crippen LogP contribution in [0.15, 0.2) is 48.5 Å². The molecule has 0 saturated carbocycles. The molecule has 0 bridgehead atoms. The summed E-state index contributed by atoms with van der Waals surface area (Å²) in [7, 11) is 0. The van der Waals surface area contributed by atoms with Crippen molar-refractivity contribution in [2.75, 3.05) is 5.32 Å². The molecule has 0 aliphatic rings. The number of amides is 1. The summed E-state index contributed by atoms with van der Waals surface area (Å²) in [5, 5.41) is 22.6. The lowest BCUT2D eigenvalue weighted by Crippen LogP contribution is -2.05. The number of hydrogen-bond acceptors (Lipinski definition) is 4. The Balaban J connectivity index is 2.26. The molecule has 0 unspecified atom stereocenters. The number of nitriles is 1. The Bertz CT molecular complexity index is 800. The molecule has 0 aliphatic heterocycles. The van der Waals surface area contributed by atoms with Crippen molar-refractivity contribution in [3.8, 4) is 6.07 Å². The lowest BCUT2D eigenvalue weighted by Gasteiger charge is -2.03. The van der Waals surface area contributed by atoms with Crippen molar-refractivity contribution in [2.24, 2.45) is 0 Å². The lowest BCUT2D eigenvalue weighted by atomic mass is 10.0. The molecule has 23 heavy (non-hydrogen) atoms. The summed E-state index contributed by atoms with van der Waals surface area (Å²) in [6.07, 6.45) is 1.68. The molecule has 0 saturated heterocycles. The van der Waals surface area contributed by atoms with Crippen LogP contribution in [0.25, 0.3) is 11.6 Å². The Hall–Kier alpha value is -3.46. The Morgan fingerprint density at radius 1 is 1.17 bits per heavy atom. The molecule has 6 heteroatoms. The van der Waals surface area contributed by atoms with Crippen LogP contribution in [0.4, 0.5) is 11.4 Å². The number of nitro groups is 1. The topological polar surface area (TPSA) is 96.0 Å². The predicted molar refractivity (Wildman–Crippen MR) is 87.3 cm³/mol. The highest BCUT2D eigenvalue weighted by atomic mass is 16.6. The predicted octanol–water partition coefficient (Wildman–Crippen LogP) is 3.62. The molecular weight excluding hydrogens is 294 g/mol. The van der Waals surface area contributed by atoms with Crippen molar-refractivity contribution >= 4 is 28.9 Å². The molecule has 6 nitrogen and oxygen atoms in total. The second-order valence-electron chi connectivity index (χ2n) is 4.78. The van der Waals surface area contributed by atoms with Gasteiger partial charge in [-0.05, 0) is 41.5 Å². The van der Waals surface area contributed by atoms with E-state index in [9.17, 15) is 20.2 Å². The molecular formula is C17H13N3O3. The molecule has 0 aliphatic carbocycles. The maximum atomic E-state index is 11.0. The van der Waals surface area contributed by atoms with Crippen LogP contribution >= 0.6 is 0 Å². The number of nitrogens with zero attached hydrogens (tertiary/aromatic N) is 2. The number of benzene rings is 2. The molecule has 2 aromatic rings. The summed E-state index contributed by atoms with van der Waals surface area (Å²) >= 11 is 0. The van der Waals surface area contributed by atoms with Crippen LogP contribution in [-0.4, -0.2) is 10.8 Å². The molecule has 0 fully saturated rings. The van der Waals surface area contributed by atoms with E-state index in [4.69, 9.17) is 0 Å². The number of nitro benzene ring substituents is 1. The molecule has 0 atom stereocenters. The summed E-state index contributed by atoms with van der Waals surface area (Å²) in [5.41, 5.74) is 2.43. The van der Waals surface area contributed by atoms with E-state index in [0.717, 1.165) is 5.56 Å². The van der Waals surface area contributed by atoms with Gasteiger partial charge >= 0.3 is 0 Å². The quantitative estimate of drug-likeness (QED) is 0.404. The van der Waals surface area contributed by atoms with Crippen molar-refractivity contribution in [1.29, 1.82) is 5.26 Å². The van der Waals surface area contributed by atoms with Crippen molar-refractivity contribution in [1.82, 2.24) is 0 Å². The van der Waals surface area contributed by atoms with Crippen LogP contribution in [0.5, 0.6) is 0 Å². The normalized spacial score (nSPS) is 10.7. The number of hydrogen-bond donors (Lipinski definition) is 1. The summed E-state index contributed by atoms with van der Waals surface area (Å²) in [6, 6.07) is 14.9. The average Bonchev–Trinajstić information content (AvgIpc) is 2.53. The number of rotatable bonds is 4. The maximum absolute atomic E-state index is 11.0. The minimum Gasteiger partial charge on any atom is -0.326 e. The van der Waals surface area contributed by atoms with Gasteiger partial charge in [0, 0.05) is 24.7 Å². The van der Waals surface area contributed by atoms with Crippen molar-refractivity contribution in [3.05, 3.63) is 69.8 Å². The smallest absolute Gasteiger partial charge is 0.269 e. The minimum atomic E-state index is -0.486. The van der Waals surface area contributed by atoms with Gasteiger partial charge in [0.2, 0.25) is 5.91 Å². The molecule has 1 N–H and O–H groups in total. The van der Waals surface area contributed by atoms with Gasteiger partial charge in [0.15, 0.2) is 0 Å². The third kappa shape index (κ3) is 4.25. The van der Waals surface area contributed by atoms with Crippen LogP contribution in [-0.2, 0) is 4.79 Å². The van der Waals surface area contributed by atoms with E-state index in [-0.39, 0.29) is 11.6 Å². The number of allylic oxidation sites excluding steroid dienone is 1. The van der Waals surface area contributed by atoms with E-state index in [1.165, 1.54) is 19.1 Å². The molecule has 0 heterocycles. The van der Waals surface area contributed by atoms with Crippen molar-refractivity contribution in [3.63, 3.8) is 0 Å². The number of nitrogens with one attached hydrogen (secondary N) is 1. The lowest BCUT2D eigenvalue weighted by molar-refractivity contribution is -0.384. The van der Waals surface area contributed by atoms with Crippen molar-refractivity contribution < 1.29 is 9.72 Å². The number of anilines is 1. The van der Waals surface area contributed by atoms with Gasteiger partial charge in [-0.1, -0.05) is 12.1 Å². The number of carbonyl (C=O) groups excluding carboxylic acids is 1. The highest BCUT2D eigenvalue weighted by Crippen LogP contribution is 2.21. The van der Waals surface area contributed by atoms with E-state index >= 15 is 0 Å². The SMILES string of the molecule is CC(=O)Nc1ccc(C=C(C#N)c2ccc([N+](=O)[O-])cc2)cc1. The minimum absolute atomic E-state index is 0.0225. The van der Waals surface area contributed by atoms with Gasteiger partial charge in [0.25, 0.3) is 5.69 Å². The van der Waals surface area contributed by atoms with E-state index < -0.39 is 4.92 Å². The van der Waals surface area contributed by atoms with Crippen LogP contribution in [0.3, 0.4) is 0 Å². The fourth-order valence-electron chi connectivity index (χ4n) is 1.98. The molecule has 0 radical (unpaired) electrons. The Kier molecular flexibility index (Phi) is 4.85. The summed E-state index contributed by atoms with van der Waals surface area (Å²) in [6.45, 7) is 1.43. The first-order valence-corrected chi connectivity index (χ1v) is 6.74. The Morgan fingerprint density at radius 2 is 1.78 bits per heavy atom. The Labute approximate surface area is 132 Å². The third-order valence-corrected chi connectivity index (χ3v) is 3.05. The zero-order chi connectivity index (χ0) is 16.8. The monoisotopic (exact) mass is 307 g/mol. The third-order valence-electron chi connectivity index (χ3n) is 3.05. The summed E-state index contributed by atoms with van der Waals surface area (Å²) in [5.74, 6) is -0.156. The highest BCUT2D eigenvalue weighted by molar-refractivity contribution is 5.91. The molecule has 114 valence electrons. The average molecular weight is 307 g/mol. The molecule has 2 rings (SSSR count). The largest absolute Gasteiger partial charge is 0.326 e. The molecule has 1 amide bonds. The van der Waals surface area contributed by atoms with Gasteiger partial charge in [-0.15, -0.1) is 0 Å². The fourth-order valence-corrected chi connectivity index (χ4v) is 1.98. The summed E-state index contributed by atoms with van der Waals surface area (Å²) in [4.78, 5) is 21.1. The van der Waals surface area contributed by atoms with E-state index in [1.807, 2.05) is 0 Å². The van der Waals surface area contributed by atoms with Gasteiger partial charge in [-0.25, -0.2) is 0 Å². The standard InChI is InChI=1S/C17H13N3O3/c1-12(21)19-16-6-2-13(3-7-16)10-15(11-18)14-4-8-17(9-5-14)20(22)23/h2-10H,1H3,(H,19,21). The molecule has 2 aromatic carbocycles. The first kappa shape index (κ1) is 15.9. The van der Waals surface area contributed by atoms with Crippen molar-refractivity contribution in [2.45, 2.75) is 6.92 Å². The second-order valence-corrected chi connectivity index (χ2v) is 4.78. The maximum Gasteiger partial charge on any atom is 0.269 e. The first-order chi connectivity index (χ1) is 11.0. The fraction of sp³-hybridized carbons (Fsp3) is 0.0588. The van der Waals surface area contributed by atoms with Gasteiger partial charge in [0.1, 0.15) is 0 Å². The first-order valence-electron chi connectivity index (χ1n) is 6.74. The van der Waals surface area contributed by atoms with Gasteiger partial charge in [-0.3, -0.25) is 14.9 Å². The van der Waals surface area contributed by atoms with E-state index in [2.05, 4.69) is 11.4 Å². The second kappa shape index (κ2) is 7.00. The number of non-ortho nitro benzene ring substituents is 1. The number of carbonyl (C=O) groups is 1. The zero-order valence-electron chi connectivity index (χ0n) is 12.3. The summed E-state index contributed by atoms with van der Waals surface area (Å²) < 4.78 is 0. The van der Waals surface area contributed by atoms with E-state index in [1.54, 1.807) is 42.5 Å². The van der Waals surface area contributed by atoms with Gasteiger partial charge in [-0.2, -0.15) is 5.26 Å². The van der Waals surface area contributed by atoms with Crippen LogP contribution in [0, 0.1) is 21.4 Å².